The van der Waals surface area contributed by atoms with Crippen molar-refractivity contribution >= 4 is 17.5 Å². The molecule has 108 valence electrons. The number of hydrogen-bond acceptors (Lipinski definition) is 2. The third kappa shape index (κ3) is 4.55. The summed E-state index contributed by atoms with van der Waals surface area (Å²) < 4.78 is 1.90. The van der Waals surface area contributed by atoms with Crippen LogP contribution in [0.15, 0.2) is 12.3 Å². The molecule has 0 unspecified atom stereocenters. The summed E-state index contributed by atoms with van der Waals surface area (Å²) in [6, 6.07) is 1.92. The molecule has 0 fully saturated rings. The first kappa shape index (κ1) is 16.1. The topological polar surface area (TPSA) is 45.5 Å². The zero-order valence-corrected chi connectivity index (χ0v) is 12.7. The smallest absolute Gasteiger partial charge is 0.270 e. The van der Waals surface area contributed by atoms with E-state index in [-0.39, 0.29) is 18.6 Å². The van der Waals surface area contributed by atoms with Crippen molar-refractivity contribution in [2.24, 2.45) is 0 Å². The Labute approximate surface area is 120 Å². The Bertz CT molecular complexity index is 416. The Morgan fingerprint density at radius 2 is 2.11 bits per heavy atom. The molecule has 4 nitrogen and oxygen atoms in total. The summed E-state index contributed by atoms with van der Waals surface area (Å²) in [7, 11) is 1.80. The van der Waals surface area contributed by atoms with Crippen molar-refractivity contribution in [2.45, 2.75) is 39.2 Å². The second-order valence-electron chi connectivity index (χ2n) is 5.06. The van der Waals surface area contributed by atoms with E-state index in [9.17, 15) is 4.79 Å². The molecule has 1 N–H and O–H groups in total. The zero-order chi connectivity index (χ0) is 14.4. The summed E-state index contributed by atoms with van der Waals surface area (Å²) in [6.45, 7) is 4.95. The number of aliphatic hydroxyl groups is 1. The minimum Gasteiger partial charge on any atom is -0.396 e. The van der Waals surface area contributed by atoms with Gasteiger partial charge in [0, 0.05) is 32.4 Å². The van der Waals surface area contributed by atoms with Crippen LogP contribution in [-0.4, -0.2) is 40.7 Å². The van der Waals surface area contributed by atoms with E-state index in [1.807, 2.05) is 18.4 Å². The first-order valence-corrected chi connectivity index (χ1v) is 7.09. The Hall–Kier alpha value is -1.00. The maximum Gasteiger partial charge on any atom is 0.270 e. The molecule has 19 heavy (non-hydrogen) atoms. The van der Waals surface area contributed by atoms with Crippen LogP contribution < -0.4 is 0 Å². The molecule has 1 aromatic rings. The molecule has 0 saturated heterocycles. The Morgan fingerprint density at radius 1 is 1.42 bits per heavy atom. The van der Waals surface area contributed by atoms with Crippen LogP contribution in [0.2, 0.25) is 5.02 Å². The normalized spacial score (nSPS) is 11.1. The van der Waals surface area contributed by atoms with Gasteiger partial charge in [-0.05, 0) is 39.2 Å². The van der Waals surface area contributed by atoms with Crippen molar-refractivity contribution < 1.29 is 9.90 Å². The van der Waals surface area contributed by atoms with Crippen LogP contribution in [-0.2, 0) is 0 Å². The number of rotatable bonds is 7. The average Bonchev–Trinajstić information content (AvgIpc) is 2.75. The fraction of sp³-hybridized carbons (Fsp3) is 0.643. The lowest BCUT2D eigenvalue weighted by Crippen LogP contribution is -2.29. The molecule has 0 aliphatic heterocycles. The summed E-state index contributed by atoms with van der Waals surface area (Å²) in [6.07, 6.45) is 4.41. The van der Waals surface area contributed by atoms with Crippen LogP contribution in [0, 0.1) is 0 Å². The van der Waals surface area contributed by atoms with Crippen molar-refractivity contribution in [2.75, 3.05) is 20.2 Å². The molecule has 0 spiro atoms. The fourth-order valence-electron chi connectivity index (χ4n) is 1.98. The number of amides is 1. The lowest BCUT2D eigenvalue weighted by Gasteiger charge is -2.19. The highest BCUT2D eigenvalue weighted by atomic mass is 35.5. The number of carbonyl (C=O) groups is 1. The van der Waals surface area contributed by atoms with E-state index in [4.69, 9.17) is 16.7 Å². The maximum atomic E-state index is 12.3. The Kier molecular flexibility index (Phi) is 6.38. The zero-order valence-electron chi connectivity index (χ0n) is 11.9. The molecule has 5 heteroatoms. The highest BCUT2D eigenvalue weighted by molar-refractivity contribution is 6.31. The van der Waals surface area contributed by atoms with Gasteiger partial charge in [0.05, 0.1) is 5.02 Å². The van der Waals surface area contributed by atoms with Gasteiger partial charge in [-0.25, -0.2) is 0 Å². The van der Waals surface area contributed by atoms with Gasteiger partial charge < -0.3 is 14.6 Å². The molecular formula is C14H23ClN2O2. The summed E-state index contributed by atoms with van der Waals surface area (Å²) >= 11 is 5.98. The van der Waals surface area contributed by atoms with Crippen LogP contribution in [0.25, 0.3) is 0 Å². The molecule has 1 amide bonds. The predicted molar refractivity (Wildman–Crippen MR) is 77.7 cm³/mol. The molecule has 0 atom stereocenters. The van der Waals surface area contributed by atoms with E-state index >= 15 is 0 Å². The second kappa shape index (κ2) is 7.56. The number of hydrogen-bond donors (Lipinski definition) is 1. The van der Waals surface area contributed by atoms with E-state index < -0.39 is 0 Å². The monoisotopic (exact) mass is 286 g/mol. The molecule has 0 saturated carbocycles. The van der Waals surface area contributed by atoms with Crippen molar-refractivity contribution in [1.29, 1.82) is 0 Å². The minimum atomic E-state index is -0.00963. The van der Waals surface area contributed by atoms with Crippen LogP contribution in [0.4, 0.5) is 0 Å². The number of aliphatic hydroxyl groups excluding tert-OH is 1. The molecule has 0 bridgehead atoms. The number of unbranched alkanes of at least 4 members (excludes halogenated alkanes) is 2. The number of carbonyl (C=O) groups excluding carboxylic acids is 1. The van der Waals surface area contributed by atoms with Gasteiger partial charge in [0.15, 0.2) is 0 Å². The van der Waals surface area contributed by atoms with E-state index in [0.717, 1.165) is 19.3 Å². The summed E-state index contributed by atoms with van der Waals surface area (Å²) in [5.41, 5.74) is 0.629. The number of nitrogens with zero attached hydrogens (tertiary/aromatic N) is 2. The summed E-state index contributed by atoms with van der Waals surface area (Å²) in [5, 5.41) is 9.31. The maximum absolute atomic E-state index is 12.3. The Morgan fingerprint density at radius 3 is 2.68 bits per heavy atom. The molecule has 1 heterocycles. The number of halogens is 1. The van der Waals surface area contributed by atoms with Crippen molar-refractivity contribution in [1.82, 2.24) is 9.47 Å². The molecule has 1 rings (SSSR count). The molecule has 0 aliphatic carbocycles. The molecule has 0 aromatic carbocycles. The Balaban J connectivity index is 2.66. The second-order valence-corrected chi connectivity index (χ2v) is 5.49. The third-order valence-corrected chi connectivity index (χ3v) is 3.30. The van der Waals surface area contributed by atoms with Crippen LogP contribution >= 0.6 is 11.6 Å². The van der Waals surface area contributed by atoms with Crippen LogP contribution in [0.5, 0.6) is 0 Å². The van der Waals surface area contributed by atoms with E-state index in [1.54, 1.807) is 24.2 Å². The van der Waals surface area contributed by atoms with Gasteiger partial charge in [0.25, 0.3) is 5.91 Å². The average molecular weight is 287 g/mol. The van der Waals surface area contributed by atoms with Gasteiger partial charge in [0.1, 0.15) is 5.69 Å². The van der Waals surface area contributed by atoms with Gasteiger partial charge in [-0.1, -0.05) is 11.6 Å². The highest BCUT2D eigenvalue weighted by Gasteiger charge is 2.18. The minimum absolute atomic E-state index is 0.00963. The van der Waals surface area contributed by atoms with Gasteiger partial charge in [0.2, 0.25) is 0 Å². The van der Waals surface area contributed by atoms with Gasteiger partial charge in [-0.15, -0.1) is 0 Å². The molecule has 1 aromatic heterocycles. The third-order valence-electron chi connectivity index (χ3n) is 3.09. The van der Waals surface area contributed by atoms with E-state index in [2.05, 4.69) is 0 Å². The fourth-order valence-corrected chi connectivity index (χ4v) is 2.19. The van der Waals surface area contributed by atoms with Gasteiger partial charge in [-0.3, -0.25) is 4.79 Å². The summed E-state index contributed by atoms with van der Waals surface area (Å²) in [4.78, 5) is 14.1. The first-order chi connectivity index (χ1) is 8.97. The SMILES string of the molecule is CC(C)n1cc(Cl)cc1C(=O)N(C)CCCCCO. The van der Waals surface area contributed by atoms with Crippen molar-refractivity contribution in [3.05, 3.63) is 23.0 Å². The van der Waals surface area contributed by atoms with Gasteiger partial charge >= 0.3 is 0 Å². The molecular weight excluding hydrogens is 264 g/mol. The van der Waals surface area contributed by atoms with Gasteiger partial charge in [-0.2, -0.15) is 0 Å². The quantitative estimate of drug-likeness (QED) is 0.783. The lowest BCUT2D eigenvalue weighted by atomic mass is 10.2. The lowest BCUT2D eigenvalue weighted by molar-refractivity contribution is 0.0780. The largest absolute Gasteiger partial charge is 0.396 e. The van der Waals surface area contributed by atoms with Crippen LogP contribution in [0.1, 0.15) is 49.6 Å². The van der Waals surface area contributed by atoms with E-state index in [1.165, 1.54) is 0 Å². The molecule has 0 aliphatic rings. The van der Waals surface area contributed by atoms with E-state index in [0.29, 0.717) is 17.3 Å². The molecule has 0 radical (unpaired) electrons. The highest BCUT2D eigenvalue weighted by Crippen LogP contribution is 2.20. The van der Waals surface area contributed by atoms with Crippen molar-refractivity contribution in [3.63, 3.8) is 0 Å². The van der Waals surface area contributed by atoms with Crippen LogP contribution in [0.3, 0.4) is 0 Å². The summed E-state index contributed by atoms with van der Waals surface area (Å²) in [5.74, 6) is -0.00963. The predicted octanol–water partition coefficient (Wildman–Crippen LogP) is 2.96. The standard InChI is InChI=1S/C14H23ClN2O2/c1-11(2)17-10-12(15)9-13(17)14(19)16(3)7-5-4-6-8-18/h9-11,18H,4-8H2,1-3H3. The number of aromatic nitrogens is 1. The van der Waals surface area contributed by atoms with Crippen molar-refractivity contribution in [3.8, 4) is 0 Å². The first-order valence-electron chi connectivity index (χ1n) is 6.71.